The van der Waals surface area contributed by atoms with E-state index in [9.17, 15) is 0 Å². The van der Waals surface area contributed by atoms with E-state index in [1.165, 1.54) is 12.0 Å². The Kier molecular flexibility index (Phi) is 8.68. The van der Waals surface area contributed by atoms with Gasteiger partial charge in [-0.1, -0.05) is 50.6 Å². The molecule has 0 fully saturated rings. The van der Waals surface area contributed by atoms with Crippen molar-refractivity contribution in [2.45, 2.75) is 33.8 Å². The van der Waals surface area contributed by atoms with Gasteiger partial charge >= 0.3 is 0 Å². The fourth-order valence-electron chi connectivity index (χ4n) is 0.794. The molecule has 0 amide bonds. The molecule has 1 aromatic rings. The van der Waals surface area contributed by atoms with E-state index in [0.717, 1.165) is 13.2 Å². The summed E-state index contributed by atoms with van der Waals surface area (Å²) in [5, 5.41) is 0. The Morgan fingerprint density at radius 2 is 1.54 bits per heavy atom. The van der Waals surface area contributed by atoms with E-state index in [2.05, 4.69) is 26.0 Å². The molecule has 0 aliphatic carbocycles. The minimum absolute atomic E-state index is 0.733. The van der Waals surface area contributed by atoms with Crippen molar-refractivity contribution >= 4 is 0 Å². The molecule has 0 atom stereocenters. The standard InChI is InChI=1S/C9H12O.C3H8/c1-2-10-8-9-6-4-3-5-7-9;1-3-2/h3-7H,2,8H2,1H3;3H2,1-2H3. The van der Waals surface area contributed by atoms with Gasteiger partial charge in [-0.25, -0.2) is 0 Å². The van der Waals surface area contributed by atoms with Gasteiger partial charge in [0.15, 0.2) is 0 Å². The largest absolute Gasteiger partial charge is 0.377 e. The van der Waals surface area contributed by atoms with Crippen LogP contribution in [0.2, 0.25) is 0 Å². The summed E-state index contributed by atoms with van der Waals surface area (Å²) in [6.45, 7) is 7.77. The van der Waals surface area contributed by atoms with E-state index >= 15 is 0 Å². The Labute approximate surface area is 81.7 Å². The number of ether oxygens (including phenoxy) is 1. The SMILES string of the molecule is CCC.CCOCc1ccccc1. The zero-order valence-electron chi connectivity index (χ0n) is 8.92. The first-order chi connectivity index (χ1) is 6.35. The Balaban J connectivity index is 0.000000424. The van der Waals surface area contributed by atoms with Gasteiger partial charge in [-0.2, -0.15) is 0 Å². The van der Waals surface area contributed by atoms with Crippen molar-refractivity contribution in [2.75, 3.05) is 6.61 Å². The Hall–Kier alpha value is -0.820. The number of benzene rings is 1. The highest BCUT2D eigenvalue weighted by Crippen LogP contribution is 1.99. The van der Waals surface area contributed by atoms with E-state index in [0.29, 0.717) is 0 Å². The maximum absolute atomic E-state index is 5.22. The second-order valence-corrected chi connectivity index (χ2v) is 2.83. The zero-order chi connectivity index (χ0) is 9.94. The molecule has 13 heavy (non-hydrogen) atoms. The molecule has 1 aromatic carbocycles. The summed E-state index contributed by atoms with van der Waals surface area (Å²) in [7, 11) is 0. The van der Waals surface area contributed by atoms with Crippen molar-refractivity contribution in [3.05, 3.63) is 35.9 Å². The fraction of sp³-hybridized carbons (Fsp3) is 0.500. The van der Waals surface area contributed by atoms with Crippen molar-refractivity contribution in [1.82, 2.24) is 0 Å². The van der Waals surface area contributed by atoms with Gasteiger partial charge in [0.25, 0.3) is 0 Å². The lowest BCUT2D eigenvalue weighted by Crippen LogP contribution is -1.90. The van der Waals surface area contributed by atoms with Crippen molar-refractivity contribution in [2.24, 2.45) is 0 Å². The summed E-state index contributed by atoms with van der Waals surface area (Å²) in [6, 6.07) is 10.2. The van der Waals surface area contributed by atoms with Gasteiger partial charge in [-0.05, 0) is 12.5 Å². The van der Waals surface area contributed by atoms with Crippen LogP contribution in [0.25, 0.3) is 0 Å². The lowest BCUT2D eigenvalue weighted by molar-refractivity contribution is 0.134. The summed E-state index contributed by atoms with van der Waals surface area (Å²) in [6.07, 6.45) is 1.25. The Morgan fingerprint density at radius 1 is 1.00 bits per heavy atom. The predicted octanol–water partition coefficient (Wildman–Crippen LogP) is 3.64. The quantitative estimate of drug-likeness (QED) is 0.690. The summed E-state index contributed by atoms with van der Waals surface area (Å²) in [5.74, 6) is 0. The van der Waals surface area contributed by atoms with Crippen LogP contribution in [0.3, 0.4) is 0 Å². The zero-order valence-corrected chi connectivity index (χ0v) is 8.92. The summed E-state index contributed by atoms with van der Waals surface area (Å²) >= 11 is 0. The molecule has 0 bridgehead atoms. The van der Waals surface area contributed by atoms with Crippen LogP contribution in [0.5, 0.6) is 0 Å². The van der Waals surface area contributed by atoms with Crippen LogP contribution in [0.15, 0.2) is 30.3 Å². The van der Waals surface area contributed by atoms with Crippen molar-refractivity contribution in [1.29, 1.82) is 0 Å². The number of hydrogen-bond acceptors (Lipinski definition) is 1. The smallest absolute Gasteiger partial charge is 0.0716 e. The molecule has 0 aromatic heterocycles. The van der Waals surface area contributed by atoms with Gasteiger partial charge in [0.1, 0.15) is 0 Å². The highest BCUT2D eigenvalue weighted by Gasteiger charge is 1.86. The van der Waals surface area contributed by atoms with Crippen LogP contribution in [0.1, 0.15) is 32.8 Å². The third kappa shape index (κ3) is 7.54. The third-order valence-corrected chi connectivity index (χ3v) is 1.32. The van der Waals surface area contributed by atoms with Crippen LogP contribution >= 0.6 is 0 Å². The van der Waals surface area contributed by atoms with Gasteiger partial charge in [0.2, 0.25) is 0 Å². The minimum atomic E-state index is 0.733. The van der Waals surface area contributed by atoms with Crippen LogP contribution in [0, 0.1) is 0 Å². The van der Waals surface area contributed by atoms with Crippen molar-refractivity contribution < 1.29 is 4.74 Å². The molecule has 0 radical (unpaired) electrons. The summed E-state index contributed by atoms with van der Waals surface area (Å²) in [4.78, 5) is 0. The van der Waals surface area contributed by atoms with Gasteiger partial charge in [0, 0.05) is 6.61 Å². The third-order valence-electron chi connectivity index (χ3n) is 1.32. The average molecular weight is 180 g/mol. The summed E-state index contributed by atoms with van der Waals surface area (Å²) in [5.41, 5.74) is 1.24. The molecule has 0 unspecified atom stereocenters. The predicted molar refractivity (Wildman–Crippen MR) is 57.7 cm³/mol. The first kappa shape index (κ1) is 12.2. The monoisotopic (exact) mass is 180 g/mol. The van der Waals surface area contributed by atoms with E-state index in [1.54, 1.807) is 0 Å². The molecule has 0 aliphatic rings. The first-order valence-electron chi connectivity index (χ1n) is 4.96. The van der Waals surface area contributed by atoms with Crippen molar-refractivity contribution in [3.63, 3.8) is 0 Å². The molecule has 0 aliphatic heterocycles. The molecule has 74 valence electrons. The van der Waals surface area contributed by atoms with Crippen LogP contribution in [-0.4, -0.2) is 6.61 Å². The topological polar surface area (TPSA) is 9.23 Å². The second kappa shape index (κ2) is 9.27. The van der Waals surface area contributed by atoms with Gasteiger partial charge in [0.05, 0.1) is 6.61 Å². The minimum Gasteiger partial charge on any atom is -0.377 e. The van der Waals surface area contributed by atoms with E-state index in [-0.39, 0.29) is 0 Å². The molecule has 0 heterocycles. The molecule has 1 nitrogen and oxygen atoms in total. The fourth-order valence-corrected chi connectivity index (χ4v) is 0.794. The molecular formula is C12H20O. The van der Waals surface area contributed by atoms with Crippen molar-refractivity contribution in [3.8, 4) is 0 Å². The van der Waals surface area contributed by atoms with Gasteiger partial charge in [-0.3, -0.25) is 0 Å². The molecule has 1 rings (SSSR count). The maximum Gasteiger partial charge on any atom is 0.0716 e. The molecule has 0 N–H and O–H groups in total. The number of hydrogen-bond donors (Lipinski definition) is 0. The van der Waals surface area contributed by atoms with Gasteiger partial charge < -0.3 is 4.74 Å². The van der Waals surface area contributed by atoms with E-state index in [4.69, 9.17) is 4.74 Å². The lowest BCUT2D eigenvalue weighted by atomic mass is 10.2. The molecule has 0 spiro atoms. The highest BCUT2D eigenvalue weighted by atomic mass is 16.5. The normalized spacial score (nSPS) is 8.85. The molecule has 0 saturated heterocycles. The molecule has 1 heteroatoms. The molecular weight excluding hydrogens is 160 g/mol. The number of rotatable bonds is 3. The highest BCUT2D eigenvalue weighted by molar-refractivity contribution is 5.13. The second-order valence-electron chi connectivity index (χ2n) is 2.83. The Morgan fingerprint density at radius 3 is 2.00 bits per heavy atom. The summed E-state index contributed by atoms with van der Waals surface area (Å²) < 4.78 is 5.22. The van der Waals surface area contributed by atoms with Crippen LogP contribution in [0.4, 0.5) is 0 Å². The lowest BCUT2D eigenvalue weighted by Gasteiger charge is -1.98. The van der Waals surface area contributed by atoms with E-state index in [1.807, 2.05) is 25.1 Å². The average Bonchev–Trinajstić information content (AvgIpc) is 2.18. The van der Waals surface area contributed by atoms with Crippen LogP contribution < -0.4 is 0 Å². The molecule has 0 saturated carbocycles. The first-order valence-corrected chi connectivity index (χ1v) is 4.96. The maximum atomic E-state index is 5.22. The van der Waals surface area contributed by atoms with E-state index < -0.39 is 0 Å². The Bertz CT molecular complexity index is 182. The van der Waals surface area contributed by atoms with Crippen LogP contribution in [-0.2, 0) is 11.3 Å². The van der Waals surface area contributed by atoms with Gasteiger partial charge in [-0.15, -0.1) is 0 Å².